The van der Waals surface area contributed by atoms with Crippen LogP contribution in [0, 0.1) is 31.6 Å². The summed E-state index contributed by atoms with van der Waals surface area (Å²) in [5.74, 6) is 6.71. The lowest BCUT2D eigenvalue weighted by molar-refractivity contribution is -0.140. The molecule has 0 spiro atoms. The number of nitrogen functional groups attached to an aromatic ring is 1. The van der Waals surface area contributed by atoms with Gasteiger partial charge in [0.25, 0.3) is 0 Å². The SMILES string of the molecule is COc1c(C)cnc(Cn2cc(C#Cc3ccc(CN[C@@H](CC(C)C)C(=O)O)cc3)c3c(Cl)nc(N)nc32)c1C. The number of nitrogens with one attached hydrogen (secondary N) is 1. The molecule has 3 aromatic heterocycles. The van der Waals surface area contributed by atoms with Crippen molar-refractivity contribution in [3.63, 3.8) is 0 Å². The molecule has 0 saturated carbocycles. The Kier molecular flexibility index (Phi) is 8.93. The van der Waals surface area contributed by atoms with Crippen molar-refractivity contribution in [2.24, 2.45) is 5.92 Å². The third kappa shape index (κ3) is 6.53. The van der Waals surface area contributed by atoms with E-state index in [9.17, 15) is 9.90 Å². The fraction of sp³-hybridized carbons (Fsp3) is 0.333. The molecule has 1 atom stereocenters. The molecule has 4 aromatic rings. The number of hydrogen-bond donors (Lipinski definition) is 3. The van der Waals surface area contributed by atoms with Crippen LogP contribution in [0.5, 0.6) is 5.75 Å². The lowest BCUT2D eigenvalue weighted by atomic mass is 10.0. The molecular weight excluding hydrogens is 528 g/mol. The van der Waals surface area contributed by atoms with E-state index >= 15 is 0 Å². The molecule has 40 heavy (non-hydrogen) atoms. The topological polar surface area (TPSA) is 128 Å². The van der Waals surface area contributed by atoms with Crippen LogP contribution in [0.2, 0.25) is 5.15 Å². The zero-order chi connectivity index (χ0) is 29.0. The first-order valence-electron chi connectivity index (χ1n) is 12.9. The minimum absolute atomic E-state index is 0.0743. The monoisotopic (exact) mass is 560 g/mol. The van der Waals surface area contributed by atoms with Gasteiger partial charge in [-0.25, -0.2) is 4.98 Å². The molecule has 0 radical (unpaired) electrons. The number of rotatable bonds is 9. The van der Waals surface area contributed by atoms with Gasteiger partial charge in [-0.3, -0.25) is 9.78 Å². The Hall–Kier alpha value is -4.13. The number of nitrogens with zero attached hydrogens (tertiary/aromatic N) is 4. The predicted octanol–water partition coefficient (Wildman–Crippen LogP) is 4.72. The summed E-state index contributed by atoms with van der Waals surface area (Å²) in [5, 5.41) is 13.4. The zero-order valence-electron chi connectivity index (χ0n) is 23.2. The summed E-state index contributed by atoms with van der Waals surface area (Å²) < 4.78 is 7.48. The first-order chi connectivity index (χ1) is 19.1. The highest BCUT2D eigenvalue weighted by molar-refractivity contribution is 6.34. The van der Waals surface area contributed by atoms with E-state index < -0.39 is 12.0 Å². The molecule has 0 aliphatic heterocycles. The van der Waals surface area contributed by atoms with E-state index in [1.165, 1.54) is 0 Å². The van der Waals surface area contributed by atoms with Crippen molar-refractivity contribution in [2.75, 3.05) is 12.8 Å². The van der Waals surface area contributed by atoms with Gasteiger partial charge in [0, 0.05) is 35.6 Å². The number of benzene rings is 1. The molecule has 0 bridgehead atoms. The molecule has 4 rings (SSSR count). The number of methoxy groups -OCH3 is 1. The molecule has 0 amide bonds. The Morgan fingerprint density at radius 1 is 1.20 bits per heavy atom. The number of pyridine rings is 1. The fourth-order valence-corrected chi connectivity index (χ4v) is 4.87. The molecule has 0 fully saturated rings. The smallest absolute Gasteiger partial charge is 0.320 e. The molecule has 10 heteroatoms. The van der Waals surface area contributed by atoms with Crippen LogP contribution in [-0.4, -0.2) is 43.7 Å². The number of halogens is 1. The van der Waals surface area contributed by atoms with Gasteiger partial charge in [-0.05, 0) is 43.9 Å². The summed E-state index contributed by atoms with van der Waals surface area (Å²) in [6.45, 7) is 8.82. The van der Waals surface area contributed by atoms with Gasteiger partial charge in [-0.2, -0.15) is 4.98 Å². The molecule has 0 unspecified atom stereocenters. The third-order valence-corrected chi connectivity index (χ3v) is 6.89. The molecule has 0 aliphatic carbocycles. The summed E-state index contributed by atoms with van der Waals surface area (Å²) in [4.78, 5) is 24.7. The Balaban J connectivity index is 1.60. The number of nitrogens with two attached hydrogens (primary N) is 1. The zero-order valence-corrected chi connectivity index (χ0v) is 24.0. The van der Waals surface area contributed by atoms with Crippen LogP contribution < -0.4 is 15.8 Å². The number of carboxylic acid groups (broad SMARTS) is 1. The minimum Gasteiger partial charge on any atom is -0.496 e. The van der Waals surface area contributed by atoms with Crippen molar-refractivity contribution in [1.29, 1.82) is 0 Å². The van der Waals surface area contributed by atoms with Gasteiger partial charge in [0.15, 0.2) is 0 Å². The molecule has 0 aliphatic rings. The van der Waals surface area contributed by atoms with Gasteiger partial charge in [0.1, 0.15) is 22.6 Å². The van der Waals surface area contributed by atoms with Crippen molar-refractivity contribution in [3.8, 4) is 17.6 Å². The van der Waals surface area contributed by atoms with Gasteiger partial charge in [0.05, 0.1) is 30.3 Å². The van der Waals surface area contributed by atoms with Crippen molar-refractivity contribution < 1.29 is 14.6 Å². The van der Waals surface area contributed by atoms with Gasteiger partial charge >= 0.3 is 5.97 Å². The normalized spacial score (nSPS) is 11.9. The summed E-state index contributed by atoms with van der Waals surface area (Å²) in [7, 11) is 1.65. The van der Waals surface area contributed by atoms with Crippen molar-refractivity contribution in [3.05, 3.63) is 75.3 Å². The molecular formula is C30H33ClN6O3. The summed E-state index contributed by atoms with van der Waals surface area (Å²) in [5.41, 5.74) is 11.7. The van der Waals surface area contributed by atoms with Crippen molar-refractivity contribution >= 4 is 34.6 Å². The second kappa shape index (κ2) is 12.4. The van der Waals surface area contributed by atoms with Crippen molar-refractivity contribution in [2.45, 2.75) is 53.2 Å². The Labute approximate surface area is 238 Å². The van der Waals surface area contributed by atoms with E-state index in [2.05, 4.69) is 32.1 Å². The Morgan fingerprint density at radius 2 is 1.93 bits per heavy atom. The van der Waals surface area contributed by atoms with E-state index in [-0.39, 0.29) is 17.0 Å². The van der Waals surface area contributed by atoms with Crippen LogP contribution in [-0.2, 0) is 17.9 Å². The van der Waals surface area contributed by atoms with E-state index in [0.717, 1.165) is 33.7 Å². The average Bonchev–Trinajstić information content (AvgIpc) is 3.24. The van der Waals surface area contributed by atoms with E-state index in [4.69, 9.17) is 22.1 Å². The maximum atomic E-state index is 11.5. The number of fused-ring (bicyclic) bond motifs is 1. The summed E-state index contributed by atoms with van der Waals surface area (Å²) >= 11 is 6.50. The number of aryl methyl sites for hydroxylation is 1. The van der Waals surface area contributed by atoms with Crippen LogP contribution in [0.1, 0.15) is 53.8 Å². The molecule has 3 heterocycles. The Morgan fingerprint density at radius 3 is 2.58 bits per heavy atom. The van der Waals surface area contributed by atoms with Gasteiger partial charge in [-0.1, -0.05) is 49.4 Å². The largest absolute Gasteiger partial charge is 0.496 e. The summed E-state index contributed by atoms with van der Waals surface area (Å²) in [6.07, 6.45) is 4.23. The maximum Gasteiger partial charge on any atom is 0.320 e. The lowest BCUT2D eigenvalue weighted by Gasteiger charge is -2.16. The highest BCUT2D eigenvalue weighted by Gasteiger charge is 2.19. The quantitative estimate of drug-likeness (QED) is 0.198. The highest BCUT2D eigenvalue weighted by atomic mass is 35.5. The van der Waals surface area contributed by atoms with E-state index in [1.807, 2.05) is 62.7 Å². The van der Waals surface area contributed by atoms with Crippen LogP contribution in [0.4, 0.5) is 5.95 Å². The number of carboxylic acids is 1. The van der Waals surface area contributed by atoms with Crippen LogP contribution >= 0.6 is 11.6 Å². The molecule has 0 saturated heterocycles. The maximum absolute atomic E-state index is 11.5. The number of aromatic nitrogens is 4. The Bertz CT molecular complexity index is 1600. The first kappa shape index (κ1) is 28.9. The fourth-order valence-electron chi connectivity index (χ4n) is 4.60. The standard InChI is InChI=1S/C30H33ClN6O3/c1-17(2)12-23(29(38)39)34-14-21-8-6-20(7-9-21)10-11-22-15-37(28-25(22)27(31)35-30(32)36-28)16-24-19(4)26(40-5)18(3)13-33-24/h6-9,13,15,17,23,34H,12,14,16H2,1-5H3,(H,38,39)(H2,32,35,36)/t23-/m0/s1. The average molecular weight is 561 g/mol. The van der Waals surface area contributed by atoms with Gasteiger partial charge in [0.2, 0.25) is 5.95 Å². The highest BCUT2D eigenvalue weighted by Crippen LogP contribution is 2.29. The molecule has 9 nitrogen and oxygen atoms in total. The second-order valence-electron chi connectivity index (χ2n) is 10.1. The van der Waals surface area contributed by atoms with E-state index in [1.54, 1.807) is 13.3 Å². The predicted molar refractivity (Wildman–Crippen MR) is 156 cm³/mol. The number of anilines is 1. The lowest BCUT2D eigenvalue weighted by Crippen LogP contribution is -2.37. The molecule has 4 N–H and O–H groups in total. The van der Waals surface area contributed by atoms with Crippen molar-refractivity contribution in [1.82, 2.24) is 24.8 Å². The van der Waals surface area contributed by atoms with Gasteiger partial charge in [-0.15, -0.1) is 0 Å². The number of carbonyl (C=O) groups is 1. The van der Waals surface area contributed by atoms with Gasteiger partial charge < -0.3 is 25.5 Å². The molecule has 1 aromatic carbocycles. The first-order valence-corrected chi connectivity index (χ1v) is 13.3. The minimum atomic E-state index is -0.841. The number of hydrogen-bond acceptors (Lipinski definition) is 7. The second-order valence-corrected chi connectivity index (χ2v) is 10.5. The molecule has 208 valence electrons. The third-order valence-electron chi connectivity index (χ3n) is 6.61. The number of aliphatic carboxylic acids is 1. The summed E-state index contributed by atoms with van der Waals surface area (Å²) in [6, 6.07) is 7.10. The van der Waals surface area contributed by atoms with Crippen LogP contribution in [0.3, 0.4) is 0 Å². The van der Waals surface area contributed by atoms with Crippen LogP contribution in [0.25, 0.3) is 11.0 Å². The number of ether oxygens (including phenoxy) is 1. The van der Waals surface area contributed by atoms with E-state index in [0.29, 0.717) is 36.1 Å². The van der Waals surface area contributed by atoms with Crippen LogP contribution in [0.15, 0.2) is 36.7 Å².